The highest BCUT2D eigenvalue weighted by atomic mass is 16.6. The Morgan fingerprint density at radius 1 is 0.745 bits per heavy atom. The number of nitrogens with one attached hydrogen (secondary N) is 2. The van der Waals surface area contributed by atoms with Crippen molar-refractivity contribution in [3.8, 4) is 18.2 Å². The Labute approximate surface area is 276 Å². The fourth-order valence-corrected chi connectivity index (χ4v) is 4.67. The number of hydrogen-bond donors (Lipinski definition) is 3. The first-order valence-corrected chi connectivity index (χ1v) is 15.2. The molecule has 3 amide bonds. The molecule has 3 atom stereocenters. The molecule has 0 saturated heterocycles. The molecule has 0 radical (unpaired) electrons. The number of carbonyl (C=O) groups excluding carboxylic acids is 4. The van der Waals surface area contributed by atoms with Gasteiger partial charge < -0.3 is 25.2 Å². The Morgan fingerprint density at radius 3 is 1.70 bits per heavy atom. The summed E-state index contributed by atoms with van der Waals surface area (Å²) in [5, 5.41) is 15.3. The zero-order valence-corrected chi connectivity index (χ0v) is 27.7. The molecule has 0 fully saturated rings. The first kappa shape index (κ1) is 36.2. The summed E-state index contributed by atoms with van der Waals surface area (Å²) in [4.78, 5) is 55.6. The highest BCUT2D eigenvalue weighted by Crippen LogP contribution is 2.25. The molecule has 0 aliphatic heterocycles. The minimum absolute atomic E-state index is 0.0373. The summed E-state index contributed by atoms with van der Waals surface area (Å²) in [5.41, 5.74) is 0.0491. The number of phenolic OH excluding ortho intramolecular Hbond substituents is 1. The van der Waals surface area contributed by atoms with Crippen LogP contribution in [0.1, 0.15) is 64.3 Å². The summed E-state index contributed by atoms with van der Waals surface area (Å²) in [6, 6.07) is 22.1. The van der Waals surface area contributed by atoms with Crippen LogP contribution in [0.2, 0.25) is 0 Å². The molecule has 3 rings (SSSR count). The molecular weight excluding hydrogens is 598 g/mol. The van der Waals surface area contributed by atoms with E-state index in [0.29, 0.717) is 0 Å². The van der Waals surface area contributed by atoms with Gasteiger partial charge in [0.25, 0.3) is 5.91 Å². The molecule has 3 N–H and O–H groups in total. The quantitative estimate of drug-likeness (QED) is 0.151. The number of aromatic hydroxyl groups is 1. The molecule has 0 saturated carbocycles. The van der Waals surface area contributed by atoms with Gasteiger partial charge in [0.15, 0.2) is 0 Å². The van der Waals surface area contributed by atoms with Crippen molar-refractivity contribution in [2.24, 2.45) is 0 Å². The van der Waals surface area contributed by atoms with Crippen LogP contribution in [-0.2, 0) is 36.7 Å². The summed E-state index contributed by atoms with van der Waals surface area (Å²) in [5.74, 6) is -2.29. The van der Waals surface area contributed by atoms with Crippen molar-refractivity contribution < 1.29 is 33.8 Å². The fourth-order valence-electron chi connectivity index (χ4n) is 4.67. The van der Waals surface area contributed by atoms with Gasteiger partial charge in [0.2, 0.25) is 5.91 Å². The first-order valence-electron chi connectivity index (χ1n) is 15.2. The molecule has 0 aromatic heterocycles. The van der Waals surface area contributed by atoms with E-state index in [0.717, 1.165) is 16.0 Å². The second-order valence-corrected chi connectivity index (χ2v) is 13.0. The summed E-state index contributed by atoms with van der Waals surface area (Å²) < 4.78 is 11.0. The summed E-state index contributed by atoms with van der Waals surface area (Å²) >= 11 is 0. The van der Waals surface area contributed by atoms with Crippen LogP contribution in [0.4, 0.5) is 4.79 Å². The van der Waals surface area contributed by atoms with Crippen LogP contribution in [-0.4, -0.2) is 57.2 Å². The third-order valence-electron chi connectivity index (χ3n) is 6.65. The van der Waals surface area contributed by atoms with Crippen molar-refractivity contribution in [3.05, 3.63) is 102 Å². The smallest absolute Gasteiger partial charge is 0.408 e. The van der Waals surface area contributed by atoms with E-state index in [1.54, 1.807) is 65.8 Å². The molecule has 248 valence electrons. The monoisotopic (exact) mass is 641 g/mol. The molecule has 0 heterocycles. The van der Waals surface area contributed by atoms with Gasteiger partial charge in [-0.15, -0.1) is 0 Å². The van der Waals surface area contributed by atoms with Crippen LogP contribution >= 0.6 is 0 Å². The van der Waals surface area contributed by atoms with Crippen molar-refractivity contribution >= 4 is 23.9 Å². The molecule has 10 nitrogen and oxygen atoms in total. The van der Waals surface area contributed by atoms with Gasteiger partial charge in [-0.2, -0.15) is 0 Å². The molecular formula is C37H43N3O7. The molecule has 0 bridgehead atoms. The molecule has 3 unspecified atom stereocenters. The van der Waals surface area contributed by atoms with E-state index >= 15 is 0 Å². The minimum Gasteiger partial charge on any atom is -0.508 e. The first-order chi connectivity index (χ1) is 22.1. The van der Waals surface area contributed by atoms with Gasteiger partial charge in [0, 0.05) is 18.9 Å². The highest BCUT2D eigenvalue weighted by molar-refractivity contribution is 5.95. The molecule has 3 aromatic rings. The van der Waals surface area contributed by atoms with Gasteiger partial charge in [-0.25, -0.2) is 9.59 Å². The molecule has 3 aromatic carbocycles. The number of esters is 1. The van der Waals surface area contributed by atoms with E-state index in [2.05, 4.69) is 16.7 Å². The molecule has 0 spiro atoms. The van der Waals surface area contributed by atoms with E-state index in [-0.39, 0.29) is 24.2 Å². The second kappa shape index (κ2) is 15.8. The SMILES string of the molecule is C#CN(C(=O)C(Cc1ccccc1)NC(=O)OC(C)(C)C)C(C(=O)NC(Cc1ccccc1)C(=O)OC(C)(C)C)c1ccc(O)cc1. The Balaban J connectivity index is 2.03. The molecule has 0 aliphatic rings. The average Bonchev–Trinajstić information content (AvgIpc) is 2.98. The highest BCUT2D eigenvalue weighted by Gasteiger charge is 2.38. The number of terminal acetylenes is 1. The van der Waals surface area contributed by atoms with Gasteiger partial charge in [-0.3, -0.25) is 14.5 Å². The van der Waals surface area contributed by atoms with E-state index in [4.69, 9.17) is 15.9 Å². The van der Waals surface area contributed by atoms with Gasteiger partial charge in [0.05, 0.1) is 0 Å². The molecule has 47 heavy (non-hydrogen) atoms. The van der Waals surface area contributed by atoms with Crippen LogP contribution in [0.15, 0.2) is 84.9 Å². The predicted octanol–water partition coefficient (Wildman–Crippen LogP) is 5.06. The minimum atomic E-state index is -1.47. The zero-order valence-electron chi connectivity index (χ0n) is 27.7. The number of amides is 3. The standard InChI is InChI=1S/C37H43N3O7/c1-8-40(33(43)29(23-25-15-11-9-12-16-25)39-35(45)47-37(5,6)7)31(27-19-21-28(41)22-20-27)32(42)38-30(34(44)46-36(2,3)4)24-26-17-13-10-14-18-26/h1,9-22,29-31,41H,23-24H2,2-7H3,(H,38,42)(H,39,45). The Kier molecular flexibility index (Phi) is 12.2. The van der Waals surface area contributed by atoms with Crippen LogP contribution in [0.3, 0.4) is 0 Å². The van der Waals surface area contributed by atoms with E-state index in [9.17, 15) is 24.3 Å². The zero-order chi connectivity index (χ0) is 34.8. The number of carbonyl (C=O) groups is 4. The lowest BCUT2D eigenvalue weighted by molar-refractivity contribution is -0.159. The second-order valence-electron chi connectivity index (χ2n) is 13.0. The number of hydrogen-bond acceptors (Lipinski definition) is 7. The van der Waals surface area contributed by atoms with Gasteiger partial charge in [0.1, 0.15) is 35.1 Å². The average molecular weight is 642 g/mol. The Morgan fingerprint density at radius 2 is 1.23 bits per heavy atom. The van der Waals surface area contributed by atoms with Gasteiger partial charge in [-0.05, 0) is 70.4 Å². The number of nitrogens with zero attached hydrogens (tertiary/aromatic N) is 1. The summed E-state index contributed by atoms with van der Waals surface area (Å²) in [6.07, 6.45) is 5.22. The number of rotatable bonds is 11. The third kappa shape index (κ3) is 11.5. The fraction of sp³-hybridized carbons (Fsp3) is 0.351. The van der Waals surface area contributed by atoms with Crippen molar-refractivity contribution in [1.29, 1.82) is 0 Å². The van der Waals surface area contributed by atoms with Crippen molar-refractivity contribution in [2.75, 3.05) is 0 Å². The lowest BCUT2D eigenvalue weighted by Gasteiger charge is -2.32. The maximum atomic E-state index is 14.3. The Hall–Kier alpha value is -5.30. The Bertz CT molecular complexity index is 1550. The van der Waals surface area contributed by atoms with Gasteiger partial charge in [-0.1, -0.05) is 79.2 Å². The number of phenols is 1. The van der Waals surface area contributed by atoms with Crippen molar-refractivity contribution in [1.82, 2.24) is 15.5 Å². The van der Waals surface area contributed by atoms with E-state index < -0.39 is 53.2 Å². The normalized spacial score (nSPS) is 13.2. The maximum absolute atomic E-state index is 14.3. The molecule has 0 aliphatic carbocycles. The number of benzene rings is 3. The van der Waals surface area contributed by atoms with E-state index in [1.165, 1.54) is 24.3 Å². The van der Waals surface area contributed by atoms with Crippen LogP contribution in [0, 0.1) is 12.5 Å². The van der Waals surface area contributed by atoms with Crippen molar-refractivity contribution in [2.45, 2.75) is 83.7 Å². The van der Waals surface area contributed by atoms with Gasteiger partial charge >= 0.3 is 12.1 Å². The lowest BCUT2D eigenvalue weighted by Crippen LogP contribution is -2.54. The topological polar surface area (TPSA) is 134 Å². The lowest BCUT2D eigenvalue weighted by atomic mass is 9.99. The van der Waals surface area contributed by atoms with E-state index in [1.807, 2.05) is 36.4 Å². The third-order valence-corrected chi connectivity index (χ3v) is 6.65. The van der Waals surface area contributed by atoms with Crippen LogP contribution < -0.4 is 10.6 Å². The summed E-state index contributed by atoms with van der Waals surface area (Å²) in [6.45, 7) is 10.2. The maximum Gasteiger partial charge on any atom is 0.408 e. The number of alkyl carbamates (subject to hydrolysis) is 1. The van der Waals surface area contributed by atoms with Crippen molar-refractivity contribution in [3.63, 3.8) is 0 Å². The van der Waals surface area contributed by atoms with Crippen LogP contribution in [0.25, 0.3) is 0 Å². The number of ether oxygens (including phenoxy) is 2. The largest absolute Gasteiger partial charge is 0.508 e. The summed E-state index contributed by atoms with van der Waals surface area (Å²) in [7, 11) is 0. The van der Waals surface area contributed by atoms with Crippen LogP contribution in [0.5, 0.6) is 5.75 Å². The predicted molar refractivity (Wildman–Crippen MR) is 178 cm³/mol. The molecule has 10 heteroatoms.